The van der Waals surface area contributed by atoms with Crippen molar-refractivity contribution in [3.63, 3.8) is 0 Å². The molecule has 0 radical (unpaired) electrons. The number of aromatic nitrogens is 1. The van der Waals surface area contributed by atoms with Gasteiger partial charge in [0.2, 0.25) is 10.0 Å². The van der Waals surface area contributed by atoms with Gasteiger partial charge < -0.3 is 5.32 Å². The van der Waals surface area contributed by atoms with Gasteiger partial charge in [-0.15, -0.1) is 11.3 Å². The van der Waals surface area contributed by atoms with Gasteiger partial charge in [0.15, 0.2) is 0 Å². The van der Waals surface area contributed by atoms with Crippen LogP contribution in [0.3, 0.4) is 0 Å². The number of nitrogens with one attached hydrogen (secondary N) is 1. The number of hydrogen-bond donors (Lipinski definition) is 2. The Balaban J connectivity index is 2.25. The zero-order valence-electron chi connectivity index (χ0n) is 9.95. The second-order valence-corrected chi connectivity index (χ2v) is 6.13. The van der Waals surface area contributed by atoms with Gasteiger partial charge in [0.05, 0.1) is 10.4 Å². The number of carbonyl (C=O) groups is 1. The van der Waals surface area contributed by atoms with Gasteiger partial charge in [0, 0.05) is 11.1 Å². The minimum Gasteiger partial charge on any atom is -0.320 e. The average molecular weight is 297 g/mol. The summed E-state index contributed by atoms with van der Waals surface area (Å²) in [6.45, 7) is 1.69. The molecule has 1 aromatic carbocycles. The highest BCUT2D eigenvalue weighted by Gasteiger charge is 2.12. The number of rotatable bonds is 3. The largest absolute Gasteiger partial charge is 0.320 e. The fourth-order valence-electron chi connectivity index (χ4n) is 1.46. The number of amides is 1. The SMILES string of the molecule is Cc1cc(S(N)(=O)=O)ccc1NC(=O)c1cscn1. The summed E-state index contributed by atoms with van der Waals surface area (Å²) in [6.07, 6.45) is 0. The first-order valence-corrected chi connectivity index (χ1v) is 7.70. The molecule has 3 N–H and O–H groups in total. The van der Waals surface area contributed by atoms with Crippen LogP contribution in [0.25, 0.3) is 0 Å². The summed E-state index contributed by atoms with van der Waals surface area (Å²) in [6, 6.07) is 4.25. The van der Waals surface area contributed by atoms with Gasteiger partial charge in [-0.2, -0.15) is 0 Å². The number of sulfonamides is 1. The predicted octanol–water partition coefficient (Wildman–Crippen LogP) is 1.35. The van der Waals surface area contributed by atoms with Crippen molar-refractivity contribution < 1.29 is 13.2 Å². The molecule has 0 aliphatic carbocycles. The van der Waals surface area contributed by atoms with Crippen LogP contribution in [0, 0.1) is 6.92 Å². The maximum Gasteiger partial charge on any atom is 0.275 e. The van der Waals surface area contributed by atoms with Crippen molar-refractivity contribution in [2.45, 2.75) is 11.8 Å². The van der Waals surface area contributed by atoms with Crippen LogP contribution in [0.15, 0.2) is 34.0 Å². The molecule has 0 atom stereocenters. The van der Waals surface area contributed by atoms with Crippen LogP contribution in [0.2, 0.25) is 0 Å². The van der Waals surface area contributed by atoms with Crippen LogP contribution >= 0.6 is 11.3 Å². The minimum absolute atomic E-state index is 0.0108. The van der Waals surface area contributed by atoms with E-state index in [-0.39, 0.29) is 10.8 Å². The fraction of sp³-hybridized carbons (Fsp3) is 0.0909. The maximum atomic E-state index is 11.8. The number of aryl methyl sites for hydroxylation is 1. The summed E-state index contributed by atoms with van der Waals surface area (Å²) in [5.41, 5.74) is 3.01. The lowest BCUT2D eigenvalue weighted by Gasteiger charge is -2.08. The van der Waals surface area contributed by atoms with Crippen molar-refractivity contribution in [1.29, 1.82) is 0 Å². The number of carbonyl (C=O) groups excluding carboxylic acids is 1. The first-order valence-electron chi connectivity index (χ1n) is 5.21. The van der Waals surface area contributed by atoms with E-state index in [2.05, 4.69) is 10.3 Å². The number of nitrogens with two attached hydrogens (primary N) is 1. The van der Waals surface area contributed by atoms with Gasteiger partial charge in [-0.05, 0) is 30.7 Å². The number of hydrogen-bond acceptors (Lipinski definition) is 5. The molecule has 0 bridgehead atoms. The molecule has 19 heavy (non-hydrogen) atoms. The van der Waals surface area contributed by atoms with Crippen molar-refractivity contribution in [2.75, 3.05) is 5.32 Å². The Morgan fingerprint density at radius 1 is 1.42 bits per heavy atom. The van der Waals surface area contributed by atoms with E-state index >= 15 is 0 Å². The minimum atomic E-state index is -3.74. The van der Waals surface area contributed by atoms with Gasteiger partial charge in [-0.25, -0.2) is 18.5 Å². The molecule has 1 heterocycles. The Bertz CT molecular complexity index is 709. The van der Waals surface area contributed by atoms with Crippen LogP contribution in [0.4, 0.5) is 5.69 Å². The predicted molar refractivity (Wildman–Crippen MR) is 72.6 cm³/mol. The zero-order valence-corrected chi connectivity index (χ0v) is 11.6. The lowest BCUT2D eigenvalue weighted by Crippen LogP contribution is -2.15. The molecule has 0 spiro atoms. The van der Waals surface area contributed by atoms with Gasteiger partial charge in [0.1, 0.15) is 5.69 Å². The molecule has 8 heteroatoms. The summed E-state index contributed by atoms with van der Waals surface area (Å²) in [7, 11) is -3.74. The Kier molecular flexibility index (Phi) is 3.65. The molecular weight excluding hydrogens is 286 g/mol. The van der Waals surface area contributed by atoms with Gasteiger partial charge in [0.25, 0.3) is 5.91 Å². The third-order valence-corrected chi connectivity index (χ3v) is 3.94. The topological polar surface area (TPSA) is 102 Å². The van der Waals surface area contributed by atoms with E-state index in [1.54, 1.807) is 17.8 Å². The van der Waals surface area contributed by atoms with E-state index in [1.807, 2.05) is 0 Å². The summed E-state index contributed by atoms with van der Waals surface area (Å²) in [4.78, 5) is 15.7. The van der Waals surface area contributed by atoms with Crippen LogP contribution in [0.1, 0.15) is 16.1 Å². The van der Waals surface area contributed by atoms with Crippen molar-refractivity contribution in [2.24, 2.45) is 5.14 Å². The molecule has 0 saturated carbocycles. The highest BCUT2D eigenvalue weighted by atomic mass is 32.2. The third kappa shape index (κ3) is 3.16. The number of thiazole rings is 1. The average Bonchev–Trinajstić information content (AvgIpc) is 2.84. The molecule has 1 amide bonds. The Morgan fingerprint density at radius 3 is 2.68 bits per heavy atom. The lowest BCUT2D eigenvalue weighted by atomic mass is 10.2. The molecule has 0 aliphatic rings. The second-order valence-electron chi connectivity index (χ2n) is 3.85. The van der Waals surface area contributed by atoms with Crippen LogP contribution in [-0.2, 0) is 10.0 Å². The van der Waals surface area contributed by atoms with Gasteiger partial charge in [-0.3, -0.25) is 4.79 Å². The van der Waals surface area contributed by atoms with Crippen molar-refractivity contribution in [1.82, 2.24) is 4.98 Å². The summed E-state index contributed by atoms with van der Waals surface area (Å²) in [5.74, 6) is -0.340. The van der Waals surface area contributed by atoms with Gasteiger partial charge >= 0.3 is 0 Å². The summed E-state index contributed by atoms with van der Waals surface area (Å²) >= 11 is 1.32. The monoisotopic (exact) mass is 297 g/mol. The first-order chi connectivity index (χ1) is 8.88. The number of nitrogens with zero attached hydrogens (tertiary/aromatic N) is 1. The Morgan fingerprint density at radius 2 is 2.16 bits per heavy atom. The summed E-state index contributed by atoms with van der Waals surface area (Å²) < 4.78 is 22.4. The standard InChI is InChI=1S/C11H11N3O3S2/c1-7-4-8(19(12,16)17)2-3-9(7)14-11(15)10-5-18-6-13-10/h2-6H,1H3,(H,14,15)(H2,12,16,17). The molecule has 0 unspecified atom stereocenters. The van der Waals surface area contributed by atoms with E-state index in [0.717, 1.165) is 0 Å². The van der Waals surface area contributed by atoms with Crippen molar-refractivity contribution in [3.8, 4) is 0 Å². The van der Waals surface area contributed by atoms with Crippen LogP contribution in [-0.4, -0.2) is 19.3 Å². The van der Waals surface area contributed by atoms with E-state index in [1.165, 1.54) is 29.5 Å². The molecule has 0 fully saturated rings. The number of anilines is 1. The highest BCUT2D eigenvalue weighted by Crippen LogP contribution is 2.19. The number of benzene rings is 1. The molecule has 0 saturated heterocycles. The smallest absolute Gasteiger partial charge is 0.275 e. The van der Waals surface area contributed by atoms with E-state index in [4.69, 9.17) is 5.14 Å². The molecule has 2 rings (SSSR count). The van der Waals surface area contributed by atoms with E-state index < -0.39 is 10.0 Å². The fourth-order valence-corrected chi connectivity index (χ4v) is 2.60. The van der Waals surface area contributed by atoms with Crippen LogP contribution in [0.5, 0.6) is 0 Å². The molecule has 100 valence electrons. The lowest BCUT2D eigenvalue weighted by molar-refractivity contribution is 0.102. The molecule has 0 aliphatic heterocycles. The quantitative estimate of drug-likeness (QED) is 0.892. The highest BCUT2D eigenvalue weighted by molar-refractivity contribution is 7.89. The van der Waals surface area contributed by atoms with E-state index in [9.17, 15) is 13.2 Å². The maximum absolute atomic E-state index is 11.8. The summed E-state index contributed by atoms with van der Waals surface area (Å²) in [5, 5.41) is 9.32. The Hall–Kier alpha value is -1.77. The Labute approximate surface area is 114 Å². The molecule has 6 nitrogen and oxygen atoms in total. The van der Waals surface area contributed by atoms with E-state index in [0.29, 0.717) is 16.9 Å². The zero-order chi connectivity index (χ0) is 14.0. The van der Waals surface area contributed by atoms with Crippen molar-refractivity contribution >= 4 is 33.0 Å². The molecule has 2 aromatic rings. The third-order valence-electron chi connectivity index (χ3n) is 2.44. The number of primary sulfonamides is 1. The normalized spacial score (nSPS) is 11.3. The van der Waals surface area contributed by atoms with Gasteiger partial charge in [-0.1, -0.05) is 0 Å². The molecular formula is C11H11N3O3S2. The first kappa shape index (κ1) is 13.7. The molecule has 1 aromatic heterocycles. The van der Waals surface area contributed by atoms with Crippen molar-refractivity contribution in [3.05, 3.63) is 40.3 Å². The van der Waals surface area contributed by atoms with Crippen LogP contribution < -0.4 is 10.5 Å². The second kappa shape index (κ2) is 5.08.